The van der Waals surface area contributed by atoms with E-state index in [1.165, 1.54) is 10.8 Å². The van der Waals surface area contributed by atoms with Gasteiger partial charge in [-0.3, -0.25) is 14.3 Å². The molecule has 1 aromatic carbocycles. The highest BCUT2D eigenvalue weighted by molar-refractivity contribution is 7.88. The van der Waals surface area contributed by atoms with E-state index in [0.717, 1.165) is 17.2 Å². The molecule has 8 heteroatoms. The van der Waals surface area contributed by atoms with Crippen molar-refractivity contribution >= 4 is 32.5 Å². The average molecular weight is 344 g/mol. The average Bonchev–Trinajstić information content (AvgIpc) is 2.94. The van der Waals surface area contributed by atoms with E-state index in [0.29, 0.717) is 16.9 Å². The van der Waals surface area contributed by atoms with Gasteiger partial charge in [0.1, 0.15) is 0 Å². The molecule has 2 heterocycles. The van der Waals surface area contributed by atoms with E-state index >= 15 is 0 Å². The molecule has 0 saturated carbocycles. The number of sulfonamides is 1. The Hall–Kier alpha value is -2.71. The highest BCUT2D eigenvalue weighted by Crippen LogP contribution is 2.20. The molecule has 3 rings (SSSR count). The predicted octanol–water partition coefficient (Wildman–Crippen LogP) is 1.36. The Bertz CT molecular complexity index is 1020. The first-order valence-corrected chi connectivity index (χ1v) is 9.03. The third-order valence-corrected chi connectivity index (χ3v) is 4.18. The molecule has 124 valence electrons. The number of fused-ring (bicyclic) bond motifs is 1. The molecule has 7 nitrogen and oxygen atoms in total. The molecule has 3 aromatic rings. The predicted molar refractivity (Wildman–Crippen MR) is 92.0 cm³/mol. The molecule has 0 fully saturated rings. The van der Waals surface area contributed by atoms with Crippen molar-refractivity contribution in [2.24, 2.45) is 0 Å². The van der Waals surface area contributed by atoms with Gasteiger partial charge in [0.25, 0.3) is 5.91 Å². The van der Waals surface area contributed by atoms with Crippen molar-refractivity contribution in [2.45, 2.75) is 6.54 Å². The summed E-state index contributed by atoms with van der Waals surface area (Å²) in [7, 11) is -3.32. The molecule has 2 aromatic heterocycles. The summed E-state index contributed by atoms with van der Waals surface area (Å²) in [6.45, 7) is 0.0307. The molecule has 0 saturated heterocycles. The molecule has 0 aliphatic heterocycles. The van der Waals surface area contributed by atoms with E-state index in [1.54, 1.807) is 36.5 Å². The largest absolute Gasteiger partial charge is 0.399 e. The van der Waals surface area contributed by atoms with Crippen molar-refractivity contribution < 1.29 is 13.2 Å². The summed E-state index contributed by atoms with van der Waals surface area (Å²) in [6, 6.07) is 10.3. The van der Waals surface area contributed by atoms with Crippen LogP contribution in [0.3, 0.4) is 0 Å². The van der Waals surface area contributed by atoms with Crippen molar-refractivity contribution in [1.82, 2.24) is 14.3 Å². The van der Waals surface area contributed by atoms with Crippen LogP contribution in [0.2, 0.25) is 0 Å². The highest BCUT2D eigenvalue weighted by atomic mass is 32.2. The maximum atomic E-state index is 12.7. The second kappa shape index (κ2) is 6.06. The molecular weight excluding hydrogens is 328 g/mol. The van der Waals surface area contributed by atoms with Gasteiger partial charge in [-0.1, -0.05) is 0 Å². The first-order valence-electron chi connectivity index (χ1n) is 7.14. The Morgan fingerprint density at radius 1 is 1.25 bits per heavy atom. The minimum Gasteiger partial charge on any atom is -0.399 e. The first kappa shape index (κ1) is 16.2. The van der Waals surface area contributed by atoms with Crippen molar-refractivity contribution in [3.8, 4) is 0 Å². The zero-order valence-corrected chi connectivity index (χ0v) is 13.7. The Balaban J connectivity index is 1.92. The summed E-state index contributed by atoms with van der Waals surface area (Å²) < 4.78 is 26.2. The zero-order chi connectivity index (χ0) is 17.3. The van der Waals surface area contributed by atoms with Crippen LogP contribution < -0.4 is 10.5 Å². The van der Waals surface area contributed by atoms with E-state index < -0.39 is 10.0 Å². The summed E-state index contributed by atoms with van der Waals surface area (Å²) in [5.74, 6) is -0.224. The van der Waals surface area contributed by atoms with Gasteiger partial charge in [0.15, 0.2) is 0 Å². The number of rotatable bonds is 4. The molecule has 3 N–H and O–H groups in total. The van der Waals surface area contributed by atoms with Gasteiger partial charge in [0.2, 0.25) is 10.0 Å². The SMILES string of the molecule is CS(=O)(=O)NCc1cc(C(=O)n2ccc3cc(N)ccc32)ccn1. The van der Waals surface area contributed by atoms with Gasteiger partial charge >= 0.3 is 0 Å². The smallest absolute Gasteiger partial charge is 0.262 e. The molecular formula is C16H16N4O3S. The van der Waals surface area contributed by atoms with Crippen LogP contribution in [-0.4, -0.2) is 30.1 Å². The number of hydrogen-bond donors (Lipinski definition) is 2. The fraction of sp³-hybridized carbons (Fsp3) is 0.125. The molecule has 0 aliphatic carbocycles. The van der Waals surface area contributed by atoms with E-state index in [2.05, 4.69) is 9.71 Å². The number of aromatic nitrogens is 2. The summed E-state index contributed by atoms with van der Waals surface area (Å²) in [6.07, 6.45) is 4.23. The van der Waals surface area contributed by atoms with Crippen molar-refractivity contribution in [3.05, 3.63) is 60.0 Å². The summed E-state index contributed by atoms with van der Waals surface area (Å²) in [5.41, 5.74) is 8.02. The Morgan fingerprint density at radius 3 is 2.79 bits per heavy atom. The molecule has 0 amide bonds. The quantitative estimate of drug-likeness (QED) is 0.695. The van der Waals surface area contributed by atoms with Crippen LogP contribution in [0.1, 0.15) is 16.1 Å². The van der Waals surface area contributed by atoms with Gasteiger partial charge in [-0.05, 0) is 36.4 Å². The lowest BCUT2D eigenvalue weighted by Crippen LogP contribution is -2.22. The van der Waals surface area contributed by atoms with Crippen LogP contribution in [0, 0.1) is 0 Å². The van der Waals surface area contributed by atoms with Crippen LogP contribution >= 0.6 is 0 Å². The lowest BCUT2D eigenvalue weighted by molar-refractivity contribution is 0.0964. The number of anilines is 1. The second-order valence-corrected chi connectivity index (χ2v) is 7.27. The van der Waals surface area contributed by atoms with Gasteiger partial charge in [0.05, 0.1) is 24.0 Å². The highest BCUT2D eigenvalue weighted by Gasteiger charge is 2.13. The summed E-state index contributed by atoms with van der Waals surface area (Å²) in [4.78, 5) is 16.8. The third kappa shape index (κ3) is 3.44. The molecule has 0 atom stereocenters. The number of benzene rings is 1. The van der Waals surface area contributed by atoms with E-state index in [1.807, 2.05) is 6.07 Å². The number of nitrogen functional groups attached to an aromatic ring is 1. The normalized spacial score (nSPS) is 11.7. The second-order valence-electron chi connectivity index (χ2n) is 5.44. The molecule has 0 bridgehead atoms. The molecule has 0 spiro atoms. The van der Waals surface area contributed by atoms with Gasteiger partial charge in [-0.25, -0.2) is 13.1 Å². The first-order chi connectivity index (χ1) is 11.3. The molecule has 24 heavy (non-hydrogen) atoms. The van der Waals surface area contributed by atoms with E-state index in [-0.39, 0.29) is 12.5 Å². The zero-order valence-electron chi connectivity index (χ0n) is 12.9. The van der Waals surface area contributed by atoms with Gasteiger partial charge in [-0.2, -0.15) is 0 Å². The topological polar surface area (TPSA) is 107 Å². The third-order valence-electron chi connectivity index (χ3n) is 3.51. The van der Waals surface area contributed by atoms with E-state index in [4.69, 9.17) is 5.73 Å². The van der Waals surface area contributed by atoms with Crippen LogP contribution in [0.5, 0.6) is 0 Å². The van der Waals surface area contributed by atoms with E-state index in [9.17, 15) is 13.2 Å². The lowest BCUT2D eigenvalue weighted by Gasteiger charge is -2.07. The fourth-order valence-electron chi connectivity index (χ4n) is 2.39. The van der Waals surface area contributed by atoms with Crippen LogP contribution in [0.15, 0.2) is 48.8 Å². The van der Waals surface area contributed by atoms with Crippen molar-refractivity contribution in [1.29, 1.82) is 0 Å². The minimum atomic E-state index is -3.32. The monoisotopic (exact) mass is 344 g/mol. The molecule has 0 aliphatic rings. The lowest BCUT2D eigenvalue weighted by atomic mass is 10.2. The van der Waals surface area contributed by atoms with Crippen LogP contribution in [-0.2, 0) is 16.6 Å². The number of nitrogens with zero attached hydrogens (tertiary/aromatic N) is 2. The summed E-state index contributed by atoms with van der Waals surface area (Å²) in [5, 5.41) is 0.872. The van der Waals surface area contributed by atoms with Gasteiger partial charge < -0.3 is 5.73 Å². The Morgan fingerprint density at radius 2 is 2.04 bits per heavy atom. The number of pyridine rings is 1. The van der Waals surface area contributed by atoms with Crippen molar-refractivity contribution in [3.63, 3.8) is 0 Å². The molecule has 0 radical (unpaired) electrons. The number of carbonyl (C=O) groups excluding carboxylic acids is 1. The van der Waals surface area contributed by atoms with Crippen LogP contribution in [0.4, 0.5) is 5.69 Å². The maximum Gasteiger partial charge on any atom is 0.262 e. The Labute approximate surface area is 139 Å². The number of nitrogens with one attached hydrogen (secondary N) is 1. The standard InChI is InChI=1S/C16H16N4O3S/c1-24(22,23)19-10-14-9-12(4-6-18-14)16(21)20-7-5-11-8-13(17)2-3-15(11)20/h2-9,19H,10,17H2,1H3. The Kier molecular flexibility index (Phi) is 4.08. The van der Waals surface area contributed by atoms with Crippen LogP contribution in [0.25, 0.3) is 10.9 Å². The molecule has 0 unspecified atom stereocenters. The number of carbonyl (C=O) groups is 1. The number of hydrogen-bond acceptors (Lipinski definition) is 5. The number of nitrogens with two attached hydrogens (primary N) is 1. The summed E-state index contributed by atoms with van der Waals surface area (Å²) >= 11 is 0. The minimum absolute atomic E-state index is 0.0307. The fourth-order valence-corrected chi connectivity index (χ4v) is 2.80. The van der Waals surface area contributed by atoms with Gasteiger partial charge in [0, 0.05) is 29.0 Å². The maximum absolute atomic E-state index is 12.7. The van der Waals surface area contributed by atoms with Gasteiger partial charge in [-0.15, -0.1) is 0 Å². The van der Waals surface area contributed by atoms with Crippen molar-refractivity contribution in [2.75, 3.05) is 12.0 Å².